The number of rotatable bonds is 1. The van der Waals surface area contributed by atoms with Gasteiger partial charge in [-0.25, -0.2) is 0 Å². The number of ether oxygens (including phenoxy) is 2. The minimum Gasteiger partial charge on any atom is -0.494 e. The van der Waals surface area contributed by atoms with Crippen molar-refractivity contribution in [3.05, 3.63) is 17.2 Å². The first-order chi connectivity index (χ1) is 6.24. The Labute approximate surface area is 77.5 Å². The Morgan fingerprint density at radius 3 is 3.00 bits per heavy atom. The molecule has 0 bridgehead atoms. The minimum atomic E-state index is 0.728. The monoisotopic (exact) mass is 179 g/mol. The Balaban J connectivity index is 2.64. The van der Waals surface area contributed by atoms with Crippen LogP contribution in [0.25, 0.3) is 0 Å². The first kappa shape index (κ1) is 8.23. The molecule has 13 heavy (non-hydrogen) atoms. The highest BCUT2D eigenvalue weighted by Crippen LogP contribution is 2.39. The molecule has 2 N–H and O–H groups in total. The molecule has 0 saturated carbocycles. The Morgan fingerprint density at radius 1 is 1.54 bits per heavy atom. The number of nitrogens with two attached hydrogens (primary N) is 1. The van der Waals surface area contributed by atoms with Crippen LogP contribution in [0.3, 0.4) is 0 Å². The zero-order valence-corrected chi connectivity index (χ0v) is 7.89. The zero-order valence-electron chi connectivity index (χ0n) is 7.89. The lowest BCUT2D eigenvalue weighted by Crippen LogP contribution is -1.98. The van der Waals surface area contributed by atoms with Gasteiger partial charge in [0.25, 0.3) is 0 Å². The highest BCUT2D eigenvalue weighted by Gasteiger charge is 2.20. The highest BCUT2D eigenvalue weighted by atomic mass is 16.5. The van der Waals surface area contributed by atoms with E-state index in [1.165, 1.54) is 0 Å². The fourth-order valence-corrected chi connectivity index (χ4v) is 1.68. The van der Waals surface area contributed by atoms with Crippen molar-refractivity contribution in [2.75, 3.05) is 19.5 Å². The van der Waals surface area contributed by atoms with Crippen LogP contribution in [-0.2, 0) is 6.42 Å². The van der Waals surface area contributed by atoms with Gasteiger partial charge in [0.05, 0.1) is 19.4 Å². The number of hydrogen-bond acceptors (Lipinski definition) is 3. The van der Waals surface area contributed by atoms with Crippen molar-refractivity contribution in [1.82, 2.24) is 0 Å². The number of methoxy groups -OCH3 is 1. The van der Waals surface area contributed by atoms with Crippen molar-refractivity contribution in [3.8, 4) is 11.5 Å². The summed E-state index contributed by atoms with van der Waals surface area (Å²) in [4.78, 5) is 0. The van der Waals surface area contributed by atoms with E-state index in [0.29, 0.717) is 0 Å². The van der Waals surface area contributed by atoms with E-state index in [4.69, 9.17) is 15.2 Å². The van der Waals surface area contributed by atoms with Crippen molar-refractivity contribution in [2.45, 2.75) is 13.3 Å². The molecule has 1 heterocycles. The Bertz CT molecular complexity index is 347. The average Bonchev–Trinajstić information content (AvgIpc) is 2.54. The number of anilines is 1. The molecule has 0 aromatic heterocycles. The topological polar surface area (TPSA) is 44.5 Å². The van der Waals surface area contributed by atoms with Crippen LogP contribution in [0, 0.1) is 6.92 Å². The van der Waals surface area contributed by atoms with Crippen molar-refractivity contribution < 1.29 is 9.47 Å². The molecule has 0 atom stereocenters. The molecule has 3 nitrogen and oxygen atoms in total. The number of benzene rings is 1. The molecular weight excluding hydrogens is 166 g/mol. The largest absolute Gasteiger partial charge is 0.494 e. The van der Waals surface area contributed by atoms with E-state index in [0.717, 1.165) is 41.3 Å². The smallest absolute Gasteiger partial charge is 0.149 e. The summed E-state index contributed by atoms with van der Waals surface area (Å²) in [5, 5.41) is 0. The third-order valence-corrected chi connectivity index (χ3v) is 2.40. The van der Waals surface area contributed by atoms with Crippen LogP contribution < -0.4 is 15.2 Å². The number of nitrogen functional groups attached to an aromatic ring is 1. The maximum Gasteiger partial charge on any atom is 0.149 e. The van der Waals surface area contributed by atoms with E-state index in [9.17, 15) is 0 Å². The van der Waals surface area contributed by atoms with Gasteiger partial charge in [-0.1, -0.05) is 0 Å². The van der Waals surface area contributed by atoms with E-state index in [1.54, 1.807) is 7.11 Å². The predicted molar refractivity (Wildman–Crippen MR) is 51.3 cm³/mol. The highest BCUT2D eigenvalue weighted by molar-refractivity contribution is 5.66. The number of aryl methyl sites for hydroxylation is 1. The third-order valence-electron chi connectivity index (χ3n) is 2.40. The second-order valence-electron chi connectivity index (χ2n) is 3.22. The summed E-state index contributed by atoms with van der Waals surface area (Å²) in [6.07, 6.45) is 0.892. The van der Waals surface area contributed by atoms with Gasteiger partial charge in [-0.05, 0) is 18.6 Å². The van der Waals surface area contributed by atoms with E-state index in [-0.39, 0.29) is 0 Å². The lowest BCUT2D eigenvalue weighted by Gasteiger charge is -2.11. The van der Waals surface area contributed by atoms with Gasteiger partial charge in [0.1, 0.15) is 11.5 Å². The molecule has 0 radical (unpaired) electrons. The summed E-state index contributed by atoms with van der Waals surface area (Å²) < 4.78 is 10.7. The third kappa shape index (κ3) is 1.11. The summed E-state index contributed by atoms with van der Waals surface area (Å²) in [5.74, 6) is 1.70. The molecule has 0 unspecified atom stereocenters. The molecule has 1 aliphatic rings. The SMILES string of the molecule is COc1c(N)c(C)cc2c1CCO2. The summed E-state index contributed by atoms with van der Waals surface area (Å²) >= 11 is 0. The standard InChI is InChI=1S/C10H13NO2/c1-6-5-8-7(3-4-13-8)10(12-2)9(6)11/h5H,3-4,11H2,1-2H3. The molecule has 0 aliphatic carbocycles. The van der Waals surface area contributed by atoms with Gasteiger partial charge >= 0.3 is 0 Å². The first-order valence-corrected chi connectivity index (χ1v) is 4.32. The molecule has 0 amide bonds. The van der Waals surface area contributed by atoms with Gasteiger partial charge in [-0.3, -0.25) is 0 Å². The van der Waals surface area contributed by atoms with Crippen LogP contribution in [0.4, 0.5) is 5.69 Å². The molecule has 2 rings (SSSR count). The molecule has 3 heteroatoms. The molecule has 1 aromatic rings. The summed E-state index contributed by atoms with van der Waals surface area (Å²) in [5.41, 5.74) is 8.73. The van der Waals surface area contributed by atoms with Crippen molar-refractivity contribution in [2.24, 2.45) is 0 Å². The zero-order chi connectivity index (χ0) is 9.42. The average molecular weight is 179 g/mol. The summed E-state index contributed by atoms with van der Waals surface area (Å²) in [7, 11) is 1.64. The van der Waals surface area contributed by atoms with Crippen LogP contribution in [0.1, 0.15) is 11.1 Å². The van der Waals surface area contributed by atoms with Crippen molar-refractivity contribution in [3.63, 3.8) is 0 Å². The fraction of sp³-hybridized carbons (Fsp3) is 0.400. The Kier molecular flexibility index (Phi) is 1.79. The number of fused-ring (bicyclic) bond motifs is 1. The van der Waals surface area contributed by atoms with E-state index in [2.05, 4.69) is 0 Å². The quantitative estimate of drug-likeness (QED) is 0.665. The normalized spacial score (nSPS) is 13.7. The van der Waals surface area contributed by atoms with E-state index >= 15 is 0 Å². The van der Waals surface area contributed by atoms with Crippen LogP contribution in [0.5, 0.6) is 11.5 Å². The predicted octanol–water partition coefficient (Wildman–Crippen LogP) is 1.52. The molecule has 1 aromatic carbocycles. The van der Waals surface area contributed by atoms with Crippen molar-refractivity contribution in [1.29, 1.82) is 0 Å². The van der Waals surface area contributed by atoms with Crippen LogP contribution in [0.2, 0.25) is 0 Å². The molecule has 0 spiro atoms. The lowest BCUT2D eigenvalue weighted by atomic mass is 10.1. The van der Waals surface area contributed by atoms with Crippen LogP contribution in [-0.4, -0.2) is 13.7 Å². The Hall–Kier alpha value is -1.38. The molecule has 0 saturated heterocycles. The number of hydrogen-bond donors (Lipinski definition) is 1. The Morgan fingerprint density at radius 2 is 2.31 bits per heavy atom. The molecule has 0 fully saturated rings. The van der Waals surface area contributed by atoms with Crippen LogP contribution >= 0.6 is 0 Å². The lowest BCUT2D eigenvalue weighted by molar-refractivity contribution is 0.356. The fourth-order valence-electron chi connectivity index (χ4n) is 1.68. The van der Waals surface area contributed by atoms with Gasteiger partial charge in [0, 0.05) is 12.0 Å². The minimum absolute atomic E-state index is 0.728. The van der Waals surface area contributed by atoms with Gasteiger partial charge in [-0.2, -0.15) is 0 Å². The second-order valence-corrected chi connectivity index (χ2v) is 3.22. The first-order valence-electron chi connectivity index (χ1n) is 4.32. The van der Waals surface area contributed by atoms with E-state index < -0.39 is 0 Å². The summed E-state index contributed by atoms with van der Waals surface area (Å²) in [6.45, 7) is 2.69. The second kappa shape index (κ2) is 2.83. The summed E-state index contributed by atoms with van der Waals surface area (Å²) in [6, 6.07) is 1.97. The van der Waals surface area contributed by atoms with E-state index in [1.807, 2.05) is 13.0 Å². The van der Waals surface area contributed by atoms with Gasteiger partial charge < -0.3 is 15.2 Å². The van der Waals surface area contributed by atoms with Gasteiger partial charge in [0.2, 0.25) is 0 Å². The van der Waals surface area contributed by atoms with Crippen LogP contribution in [0.15, 0.2) is 6.07 Å². The van der Waals surface area contributed by atoms with Crippen molar-refractivity contribution >= 4 is 5.69 Å². The molecule has 1 aliphatic heterocycles. The van der Waals surface area contributed by atoms with Gasteiger partial charge in [-0.15, -0.1) is 0 Å². The molecule has 70 valence electrons. The molecular formula is C10H13NO2. The maximum atomic E-state index is 5.89. The maximum absolute atomic E-state index is 5.89. The van der Waals surface area contributed by atoms with Gasteiger partial charge in [0.15, 0.2) is 0 Å².